The van der Waals surface area contributed by atoms with E-state index >= 15 is 0 Å². The fraction of sp³-hybridized carbons (Fsp3) is 1.00. The molecule has 1 atom stereocenters. The molecule has 2 nitrogen and oxygen atoms in total. The van der Waals surface area contributed by atoms with Crippen molar-refractivity contribution in [3.8, 4) is 0 Å². The van der Waals surface area contributed by atoms with Crippen molar-refractivity contribution in [2.24, 2.45) is 11.8 Å². The molecule has 17 heavy (non-hydrogen) atoms. The van der Waals surface area contributed by atoms with E-state index in [1.165, 1.54) is 25.7 Å². The summed E-state index contributed by atoms with van der Waals surface area (Å²) in [6.07, 6.45) is 6.89. The van der Waals surface area contributed by atoms with Gasteiger partial charge in [-0.05, 0) is 51.6 Å². The molecule has 0 radical (unpaired) electrons. The number of nitrogens with zero attached hydrogens (tertiary/aromatic N) is 1. The van der Waals surface area contributed by atoms with E-state index in [-0.39, 0.29) is 11.6 Å². The van der Waals surface area contributed by atoms with Crippen LogP contribution in [0.2, 0.25) is 0 Å². The molecule has 0 bridgehead atoms. The lowest BCUT2D eigenvalue weighted by molar-refractivity contribution is -0.0580. The van der Waals surface area contributed by atoms with Gasteiger partial charge in [-0.3, -0.25) is 0 Å². The van der Waals surface area contributed by atoms with Crippen molar-refractivity contribution in [2.75, 3.05) is 14.1 Å². The highest BCUT2D eigenvalue weighted by Crippen LogP contribution is 2.38. The Bertz CT molecular complexity index is 215. The SMILES string of the molecule is CCC(CC)(C(O)C1CCC(C)CC1)N(C)C. The molecule has 0 saturated heterocycles. The van der Waals surface area contributed by atoms with Crippen LogP contribution in [0.25, 0.3) is 0 Å². The average Bonchev–Trinajstić information content (AvgIpc) is 2.31. The van der Waals surface area contributed by atoms with Gasteiger partial charge < -0.3 is 10.0 Å². The Morgan fingerprint density at radius 3 is 1.94 bits per heavy atom. The summed E-state index contributed by atoms with van der Waals surface area (Å²) in [7, 11) is 4.23. The molecular weight excluding hydrogens is 210 g/mol. The quantitative estimate of drug-likeness (QED) is 0.798. The number of hydrogen-bond acceptors (Lipinski definition) is 2. The predicted molar refractivity (Wildman–Crippen MR) is 74.1 cm³/mol. The van der Waals surface area contributed by atoms with Crippen LogP contribution in [0.4, 0.5) is 0 Å². The first kappa shape index (κ1) is 15.0. The number of likely N-dealkylation sites (N-methyl/N-ethyl adjacent to an activating group) is 1. The first-order valence-electron chi connectivity index (χ1n) is 7.33. The van der Waals surface area contributed by atoms with Gasteiger partial charge in [-0.15, -0.1) is 0 Å². The van der Waals surface area contributed by atoms with E-state index in [0.717, 1.165) is 18.8 Å². The van der Waals surface area contributed by atoms with E-state index in [2.05, 4.69) is 39.8 Å². The number of aliphatic hydroxyl groups is 1. The molecule has 0 heterocycles. The first-order chi connectivity index (χ1) is 7.97. The van der Waals surface area contributed by atoms with E-state index in [9.17, 15) is 5.11 Å². The van der Waals surface area contributed by atoms with Gasteiger partial charge in [0.05, 0.1) is 6.10 Å². The first-order valence-corrected chi connectivity index (χ1v) is 7.33. The molecule has 1 aliphatic carbocycles. The van der Waals surface area contributed by atoms with Gasteiger partial charge in [-0.1, -0.05) is 33.6 Å². The average molecular weight is 241 g/mol. The molecular formula is C15H31NO. The summed E-state index contributed by atoms with van der Waals surface area (Å²) in [5, 5.41) is 10.8. The lowest BCUT2D eigenvalue weighted by atomic mass is 9.72. The molecule has 0 aromatic carbocycles. The molecule has 0 spiro atoms. The van der Waals surface area contributed by atoms with Gasteiger partial charge >= 0.3 is 0 Å². The minimum Gasteiger partial charge on any atom is -0.391 e. The Balaban J connectivity index is 2.74. The number of rotatable bonds is 5. The van der Waals surface area contributed by atoms with Crippen LogP contribution < -0.4 is 0 Å². The zero-order chi connectivity index (χ0) is 13.1. The van der Waals surface area contributed by atoms with E-state index in [1.54, 1.807) is 0 Å². The lowest BCUT2D eigenvalue weighted by Gasteiger charge is -2.47. The fourth-order valence-electron chi connectivity index (χ4n) is 3.61. The zero-order valence-electron chi connectivity index (χ0n) is 12.4. The van der Waals surface area contributed by atoms with Crippen molar-refractivity contribution in [1.29, 1.82) is 0 Å². The lowest BCUT2D eigenvalue weighted by Crippen LogP contribution is -2.56. The van der Waals surface area contributed by atoms with E-state index < -0.39 is 0 Å². The molecule has 0 aromatic rings. The molecule has 0 aromatic heterocycles. The van der Waals surface area contributed by atoms with Crippen molar-refractivity contribution < 1.29 is 5.11 Å². The van der Waals surface area contributed by atoms with Crippen molar-refractivity contribution in [1.82, 2.24) is 4.90 Å². The van der Waals surface area contributed by atoms with Crippen LogP contribution in [0.3, 0.4) is 0 Å². The molecule has 1 rings (SSSR count). The Hall–Kier alpha value is -0.0800. The van der Waals surface area contributed by atoms with Crippen molar-refractivity contribution in [3.05, 3.63) is 0 Å². The second-order valence-electron chi connectivity index (χ2n) is 6.17. The van der Waals surface area contributed by atoms with Crippen molar-refractivity contribution in [3.63, 3.8) is 0 Å². The largest absolute Gasteiger partial charge is 0.391 e. The van der Waals surface area contributed by atoms with Crippen molar-refractivity contribution in [2.45, 2.75) is 70.9 Å². The zero-order valence-corrected chi connectivity index (χ0v) is 12.4. The highest BCUT2D eigenvalue weighted by Gasteiger charge is 2.41. The topological polar surface area (TPSA) is 23.5 Å². The third-order valence-electron chi connectivity index (χ3n) is 5.17. The van der Waals surface area contributed by atoms with E-state index in [1.807, 2.05) is 0 Å². The van der Waals surface area contributed by atoms with Crippen LogP contribution in [0.15, 0.2) is 0 Å². The normalized spacial score (nSPS) is 28.4. The van der Waals surface area contributed by atoms with Crippen LogP contribution in [-0.4, -0.2) is 35.7 Å². The third kappa shape index (κ3) is 3.03. The van der Waals surface area contributed by atoms with Crippen LogP contribution in [0.1, 0.15) is 59.3 Å². The smallest absolute Gasteiger partial charge is 0.0751 e. The molecule has 102 valence electrons. The van der Waals surface area contributed by atoms with E-state index in [0.29, 0.717) is 5.92 Å². The van der Waals surface area contributed by atoms with Crippen LogP contribution in [-0.2, 0) is 0 Å². The summed E-state index contributed by atoms with van der Waals surface area (Å²) in [5.74, 6) is 1.36. The van der Waals surface area contributed by atoms with Gasteiger partial charge in [0.2, 0.25) is 0 Å². The molecule has 2 heteroatoms. The summed E-state index contributed by atoms with van der Waals surface area (Å²) in [6.45, 7) is 6.75. The highest BCUT2D eigenvalue weighted by atomic mass is 16.3. The summed E-state index contributed by atoms with van der Waals surface area (Å²) >= 11 is 0. The molecule has 1 aliphatic rings. The minimum atomic E-state index is -0.167. The van der Waals surface area contributed by atoms with Crippen LogP contribution in [0.5, 0.6) is 0 Å². The Morgan fingerprint density at radius 2 is 1.59 bits per heavy atom. The van der Waals surface area contributed by atoms with Gasteiger partial charge in [-0.25, -0.2) is 0 Å². The molecule has 1 N–H and O–H groups in total. The van der Waals surface area contributed by atoms with Crippen LogP contribution >= 0.6 is 0 Å². The monoisotopic (exact) mass is 241 g/mol. The number of aliphatic hydroxyl groups excluding tert-OH is 1. The van der Waals surface area contributed by atoms with E-state index in [4.69, 9.17) is 0 Å². The second-order valence-corrected chi connectivity index (χ2v) is 6.17. The Morgan fingerprint density at radius 1 is 1.12 bits per heavy atom. The summed E-state index contributed by atoms with van der Waals surface area (Å²) < 4.78 is 0. The molecule has 1 saturated carbocycles. The standard InChI is InChI=1S/C15H31NO/c1-6-15(7-2,16(4)5)14(17)13-10-8-12(3)9-11-13/h12-14,17H,6-11H2,1-5H3. The Kier molecular flexibility index (Phi) is 5.46. The van der Waals surface area contributed by atoms with Gasteiger partial charge in [-0.2, -0.15) is 0 Å². The summed E-state index contributed by atoms with van der Waals surface area (Å²) in [6, 6.07) is 0. The fourth-order valence-corrected chi connectivity index (χ4v) is 3.61. The molecule has 1 fully saturated rings. The minimum absolute atomic E-state index is 0.0226. The predicted octanol–water partition coefficient (Wildman–Crippen LogP) is 3.29. The maximum atomic E-state index is 10.8. The maximum Gasteiger partial charge on any atom is 0.0751 e. The molecule has 0 aliphatic heterocycles. The summed E-state index contributed by atoms with van der Waals surface area (Å²) in [4.78, 5) is 2.25. The summed E-state index contributed by atoms with van der Waals surface area (Å²) in [5.41, 5.74) is -0.0226. The number of hydrogen-bond donors (Lipinski definition) is 1. The third-order valence-corrected chi connectivity index (χ3v) is 5.17. The van der Waals surface area contributed by atoms with Crippen molar-refractivity contribution >= 4 is 0 Å². The molecule has 0 amide bonds. The van der Waals surface area contributed by atoms with Crippen LogP contribution in [0, 0.1) is 11.8 Å². The van der Waals surface area contributed by atoms with Gasteiger partial charge in [0.15, 0.2) is 0 Å². The van der Waals surface area contributed by atoms with Gasteiger partial charge in [0, 0.05) is 5.54 Å². The maximum absolute atomic E-state index is 10.8. The second kappa shape index (κ2) is 6.19. The Labute approximate surface area is 107 Å². The van der Waals surface area contributed by atoms with Gasteiger partial charge in [0.25, 0.3) is 0 Å². The highest BCUT2D eigenvalue weighted by molar-refractivity contribution is 4.96. The molecule has 1 unspecified atom stereocenters. The van der Waals surface area contributed by atoms with Gasteiger partial charge in [0.1, 0.15) is 0 Å².